The molecule has 1 aliphatic rings. The molecule has 0 radical (unpaired) electrons. The lowest BCUT2D eigenvalue weighted by atomic mass is 9.99. The highest BCUT2D eigenvalue weighted by Crippen LogP contribution is 2.32. The number of rotatable bonds is 3. The number of benzene rings is 1. The molecule has 110 valence electrons. The molecule has 1 unspecified atom stereocenters. The van der Waals surface area contributed by atoms with Crippen molar-refractivity contribution in [2.45, 2.75) is 19.5 Å². The number of anilines is 1. The topological polar surface area (TPSA) is 44.4 Å². The SMILES string of the molecule is CNC(c1ccc2c(c1)CN(C)C(=O)N2)c1sccc1C. The largest absolute Gasteiger partial charge is 0.323 e. The van der Waals surface area contributed by atoms with Crippen molar-refractivity contribution >= 4 is 23.1 Å². The van der Waals surface area contributed by atoms with Crippen molar-refractivity contribution in [3.63, 3.8) is 0 Å². The first-order chi connectivity index (χ1) is 10.1. The van der Waals surface area contributed by atoms with E-state index in [2.05, 4.69) is 41.1 Å². The van der Waals surface area contributed by atoms with E-state index < -0.39 is 0 Å². The summed E-state index contributed by atoms with van der Waals surface area (Å²) in [7, 11) is 3.79. The van der Waals surface area contributed by atoms with Gasteiger partial charge in [0.1, 0.15) is 0 Å². The molecule has 0 saturated carbocycles. The highest BCUT2D eigenvalue weighted by Gasteiger charge is 2.22. The third-order valence-electron chi connectivity index (χ3n) is 3.91. The molecule has 2 amide bonds. The fourth-order valence-corrected chi connectivity index (χ4v) is 3.78. The van der Waals surface area contributed by atoms with Gasteiger partial charge in [-0.05, 0) is 54.2 Å². The van der Waals surface area contributed by atoms with Crippen molar-refractivity contribution in [1.29, 1.82) is 0 Å². The van der Waals surface area contributed by atoms with Gasteiger partial charge in [0.25, 0.3) is 0 Å². The number of carbonyl (C=O) groups is 1. The number of hydrogen-bond donors (Lipinski definition) is 2. The molecule has 0 fully saturated rings. The Hall–Kier alpha value is -1.85. The van der Waals surface area contributed by atoms with Gasteiger partial charge in [0.05, 0.1) is 6.04 Å². The lowest BCUT2D eigenvalue weighted by Gasteiger charge is -2.27. The molecular weight excluding hydrogens is 282 g/mol. The van der Waals surface area contributed by atoms with Crippen molar-refractivity contribution in [2.75, 3.05) is 19.4 Å². The Morgan fingerprint density at radius 1 is 1.38 bits per heavy atom. The standard InChI is InChI=1S/C16H19N3OS/c1-10-6-7-21-15(10)14(17-2)11-4-5-13-12(8-11)9-19(3)16(20)18-13/h4-8,14,17H,9H2,1-3H3,(H,18,20). The van der Waals surface area contributed by atoms with Crippen LogP contribution in [-0.2, 0) is 6.54 Å². The van der Waals surface area contributed by atoms with Crippen LogP contribution in [0.15, 0.2) is 29.6 Å². The number of nitrogens with zero attached hydrogens (tertiary/aromatic N) is 1. The zero-order valence-electron chi connectivity index (χ0n) is 12.4. The second-order valence-electron chi connectivity index (χ2n) is 5.39. The summed E-state index contributed by atoms with van der Waals surface area (Å²) < 4.78 is 0. The van der Waals surface area contributed by atoms with E-state index in [0.29, 0.717) is 6.54 Å². The van der Waals surface area contributed by atoms with E-state index in [1.165, 1.54) is 16.0 Å². The molecule has 0 spiro atoms. The normalized spacial score (nSPS) is 15.6. The molecule has 21 heavy (non-hydrogen) atoms. The van der Waals surface area contributed by atoms with E-state index in [1.54, 1.807) is 16.2 Å². The summed E-state index contributed by atoms with van der Waals surface area (Å²) in [5.41, 5.74) is 4.61. The quantitative estimate of drug-likeness (QED) is 0.913. The van der Waals surface area contributed by atoms with Gasteiger partial charge in [-0.25, -0.2) is 4.79 Å². The van der Waals surface area contributed by atoms with Crippen LogP contribution in [0.3, 0.4) is 0 Å². The van der Waals surface area contributed by atoms with E-state index in [9.17, 15) is 4.79 Å². The number of carbonyl (C=O) groups excluding carboxylic acids is 1. The maximum atomic E-state index is 11.7. The molecule has 1 aliphatic heterocycles. The molecule has 0 aliphatic carbocycles. The van der Waals surface area contributed by atoms with Crippen molar-refractivity contribution in [2.24, 2.45) is 0 Å². The lowest BCUT2D eigenvalue weighted by molar-refractivity contribution is 0.218. The second-order valence-corrected chi connectivity index (χ2v) is 6.34. The van der Waals surface area contributed by atoms with E-state index >= 15 is 0 Å². The van der Waals surface area contributed by atoms with Gasteiger partial charge in [-0.1, -0.05) is 6.07 Å². The van der Waals surface area contributed by atoms with Crippen molar-refractivity contribution in [3.8, 4) is 0 Å². The Kier molecular flexibility index (Phi) is 3.69. The van der Waals surface area contributed by atoms with E-state index in [4.69, 9.17) is 0 Å². The Labute approximate surface area is 128 Å². The van der Waals surface area contributed by atoms with E-state index in [1.807, 2.05) is 20.2 Å². The zero-order valence-corrected chi connectivity index (χ0v) is 13.3. The first-order valence-corrected chi connectivity index (χ1v) is 7.84. The van der Waals surface area contributed by atoms with Gasteiger partial charge in [0, 0.05) is 24.2 Å². The first-order valence-electron chi connectivity index (χ1n) is 6.96. The number of amides is 2. The third-order valence-corrected chi connectivity index (χ3v) is 4.99. The van der Waals surface area contributed by atoms with Crippen LogP contribution < -0.4 is 10.6 Å². The minimum absolute atomic E-state index is 0.0467. The Morgan fingerprint density at radius 3 is 2.86 bits per heavy atom. The fraction of sp³-hybridized carbons (Fsp3) is 0.312. The molecule has 2 N–H and O–H groups in total. The van der Waals surface area contributed by atoms with Crippen LogP contribution in [0, 0.1) is 6.92 Å². The van der Waals surface area contributed by atoms with Gasteiger partial charge >= 0.3 is 6.03 Å². The number of nitrogens with one attached hydrogen (secondary N) is 2. The highest BCUT2D eigenvalue weighted by atomic mass is 32.1. The van der Waals surface area contributed by atoms with Crippen molar-refractivity contribution < 1.29 is 4.79 Å². The van der Waals surface area contributed by atoms with Crippen LogP contribution in [0.25, 0.3) is 0 Å². The highest BCUT2D eigenvalue weighted by molar-refractivity contribution is 7.10. The fourth-order valence-electron chi connectivity index (χ4n) is 2.71. The van der Waals surface area contributed by atoms with Crippen LogP contribution in [0.5, 0.6) is 0 Å². The lowest BCUT2D eigenvalue weighted by Crippen LogP contribution is -2.35. The molecule has 0 saturated heterocycles. The predicted octanol–water partition coefficient (Wildman–Crippen LogP) is 3.34. The molecule has 2 heterocycles. The van der Waals surface area contributed by atoms with E-state index in [-0.39, 0.29) is 12.1 Å². The summed E-state index contributed by atoms with van der Waals surface area (Å²) in [6.45, 7) is 2.79. The van der Waals surface area contributed by atoms with Gasteiger partial charge in [-0.2, -0.15) is 0 Å². The number of urea groups is 1. The summed E-state index contributed by atoms with van der Waals surface area (Å²) in [6, 6.07) is 8.57. The van der Waals surface area contributed by atoms with Gasteiger partial charge in [0.15, 0.2) is 0 Å². The first kappa shape index (κ1) is 14.1. The van der Waals surface area contributed by atoms with Gasteiger partial charge < -0.3 is 15.5 Å². The molecule has 2 aromatic rings. The molecule has 4 nitrogen and oxygen atoms in total. The second kappa shape index (κ2) is 5.50. The molecule has 0 bridgehead atoms. The summed E-state index contributed by atoms with van der Waals surface area (Å²) in [4.78, 5) is 14.7. The molecule has 1 aromatic heterocycles. The molecular formula is C16H19N3OS. The minimum Gasteiger partial charge on any atom is -0.323 e. The molecule has 3 rings (SSSR count). The van der Waals surface area contributed by atoms with Crippen molar-refractivity contribution in [3.05, 3.63) is 51.2 Å². The Bertz CT molecular complexity index is 680. The Balaban J connectivity index is 1.98. The van der Waals surface area contributed by atoms with Crippen LogP contribution in [-0.4, -0.2) is 25.0 Å². The Morgan fingerprint density at radius 2 is 2.19 bits per heavy atom. The van der Waals surface area contributed by atoms with Crippen LogP contribution in [0.2, 0.25) is 0 Å². The predicted molar refractivity (Wildman–Crippen MR) is 86.9 cm³/mol. The van der Waals surface area contributed by atoms with Gasteiger partial charge in [-0.15, -0.1) is 11.3 Å². The summed E-state index contributed by atoms with van der Waals surface area (Å²) in [5, 5.41) is 8.43. The molecule has 1 atom stereocenters. The maximum absolute atomic E-state index is 11.7. The summed E-state index contributed by atoms with van der Waals surface area (Å²) in [5.74, 6) is 0. The van der Waals surface area contributed by atoms with Gasteiger partial charge in [0.2, 0.25) is 0 Å². The number of fused-ring (bicyclic) bond motifs is 1. The molecule has 1 aromatic carbocycles. The average Bonchev–Trinajstić information content (AvgIpc) is 2.88. The monoisotopic (exact) mass is 301 g/mol. The van der Waals surface area contributed by atoms with Crippen LogP contribution in [0.1, 0.15) is 27.6 Å². The average molecular weight is 301 g/mol. The third kappa shape index (κ3) is 2.54. The van der Waals surface area contributed by atoms with Crippen LogP contribution >= 0.6 is 11.3 Å². The number of aryl methyl sites for hydroxylation is 1. The minimum atomic E-state index is -0.0467. The summed E-state index contributed by atoms with van der Waals surface area (Å²) >= 11 is 1.77. The van der Waals surface area contributed by atoms with Gasteiger partial charge in [-0.3, -0.25) is 0 Å². The zero-order chi connectivity index (χ0) is 15.0. The number of thiophene rings is 1. The van der Waals surface area contributed by atoms with E-state index in [0.717, 1.165) is 11.3 Å². The number of hydrogen-bond acceptors (Lipinski definition) is 3. The smallest absolute Gasteiger partial charge is 0.321 e. The van der Waals surface area contributed by atoms with Crippen molar-refractivity contribution in [1.82, 2.24) is 10.2 Å². The maximum Gasteiger partial charge on any atom is 0.321 e. The molecule has 5 heteroatoms. The summed E-state index contributed by atoms with van der Waals surface area (Å²) in [6.07, 6.45) is 0. The van der Waals surface area contributed by atoms with Crippen LogP contribution in [0.4, 0.5) is 10.5 Å².